The van der Waals surface area contributed by atoms with Crippen molar-refractivity contribution in [2.24, 2.45) is 0 Å². The van der Waals surface area contributed by atoms with Crippen LogP contribution in [-0.4, -0.2) is 25.6 Å². The summed E-state index contributed by atoms with van der Waals surface area (Å²) in [4.78, 5) is 12.4. The van der Waals surface area contributed by atoms with Crippen LogP contribution < -0.4 is 10.9 Å². The molecule has 2 unspecified atom stereocenters. The van der Waals surface area contributed by atoms with Crippen molar-refractivity contribution in [2.75, 3.05) is 0 Å². The summed E-state index contributed by atoms with van der Waals surface area (Å²) in [5, 5.41) is 0. The highest BCUT2D eigenvalue weighted by atomic mass is 15.4. The normalized spacial score (nSPS) is 19.1. The van der Waals surface area contributed by atoms with E-state index in [4.69, 9.17) is 4.98 Å². The Hall–Kier alpha value is -3.22. The highest BCUT2D eigenvalue weighted by Gasteiger charge is 2.27. The van der Waals surface area contributed by atoms with Crippen LogP contribution in [0.1, 0.15) is 18.0 Å². The molecule has 1 saturated heterocycles. The van der Waals surface area contributed by atoms with E-state index in [1.165, 1.54) is 5.56 Å². The average molecular weight is 370 g/mol. The van der Waals surface area contributed by atoms with Gasteiger partial charge in [0.2, 0.25) is 0 Å². The first kappa shape index (κ1) is 16.9. The van der Waals surface area contributed by atoms with Crippen molar-refractivity contribution >= 4 is 0 Å². The number of aromatic nitrogens is 4. The zero-order valence-electron chi connectivity index (χ0n) is 15.4. The van der Waals surface area contributed by atoms with Crippen molar-refractivity contribution in [1.82, 2.24) is 30.4 Å². The van der Waals surface area contributed by atoms with Gasteiger partial charge in [-0.05, 0) is 12.0 Å². The number of benzene rings is 2. The second kappa shape index (κ2) is 7.42. The van der Waals surface area contributed by atoms with E-state index in [-0.39, 0.29) is 0 Å². The van der Waals surface area contributed by atoms with Gasteiger partial charge < -0.3 is 9.55 Å². The summed E-state index contributed by atoms with van der Waals surface area (Å²) in [5.74, 6) is 0.835. The van der Waals surface area contributed by atoms with E-state index in [2.05, 4.69) is 67.9 Å². The molecule has 3 N–H and O–H groups in total. The maximum absolute atomic E-state index is 4.72. The van der Waals surface area contributed by atoms with Gasteiger partial charge in [0.05, 0.1) is 12.0 Å². The Morgan fingerprint density at radius 3 is 2.46 bits per heavy atom. The van der Waals surface area contributed by atoms with Gasteiger partial charge in [-0.25, -0.2) is 15.4 Å². The third-order valence-electron chi connectivity index (χ3n) is 5.21. The lowest BCUT2D eigenvalue weighted by atomic mass is 10.0. The van der Waals surface area contributed by atoms with Gasteiger partial charge in [0.25, 0.3) is 0 Å². The van der Waals surface area contributed by atoms with Crippen molar-refractivity contribution in [2.45, 2.75) is 25.0 Å². The molecular formula is C22H22N6. The lowest BCUT2D eigenvalue weighted by Crippen LogP contribution is -2.33. The molecule has 2 atom stereocenters. The summed E-state index contributed by atoms with van der Waals surface area (Å²) in [5.41, 5.74) is 11.2. The third kappa shape index (κ3) is 3.24. The molecule has 4 aromatic rings. The molecule has 0 radical (unpaired) electrons. The molecule has 6 heteroatoms. The van der Waals surface area contributed by atoms with Crippen LogP contribution in [0, 0.1) is 0 Å². The molecule has 140 valence electrons. The number of nitrogens with zero attached hydrogens (tertiary/aromatic N) is 3. The second-order valence-electron chi connectivity index (χ2n) is 7.08. The minimum Gasteiger partial charge on any atom is -0.343 e. The lowest BCUT2D eigenvalue weighted by Gasteiger charge is -2.13. The molecule has 2 aromatic heterocycles. The topological polar surface area (TPSA) is 70.6 Å². The molecule has 0 spiro atoms. The number of H-pyrrole nitrogens is 1. The molecule has 0 saturated carbocycles. The fraction of sp³-hybridized carbons (Fsp3) is 0.182. The fourth-order valence-corrected chi connectivity index (χ4v) is 3.85. The Bertz CT molecular complexity index is 1020. The first-order valence-corrected chi connectivity index (χ1v) is 9.55. The number of nitrogens with one attached hydrogen (secondary N) is 3. The third-order valence-corrected chi connectivity index (χ3v) is 5.21. The SMILES string of the molecule is c1ccc(-c2ncn(CC3CC(c4ccccc4)NN3)c2-c2ncc[nH]2)cc1. The molecule has 5 rings (SSSR count). The van der Waals surface area contributed by atoms with Gasteiger partial charge in [0, 0.05) is 36.6 Å². The maximum Gasteiger partial charge on any atom is 0.156 e. The van der Waals surface area contributed by atoms with E-state index in [1.807, 2.05) is 30.7 Å². The first-order valence-electron chi connectivity index (χ1n) is 9.55. The largest absolute Gasteiger partial charge is 0.343 e. The Morgan fingerprint density at radius 2 is 1.71 bits per heavy atom. The predicted molar refractivity (Wildman–Crippen MR) is 109 cm³/mol. The Labute approximate surface area is 163 Å². The monoisotopic (exact) mass is 370 g/mol. The number of rotatable bonds is 5. The van der Waals surface area contributed by atoms with Crippen LogP contribution in [0.3, 0.4) is 0 Å². The molecule has 3 heterocycles. The van der Waals surface area contributed by atoms with E-state index in [0.29, 0.717) is 12.1 Å². The van der Waals surface area contributed by atoms with E-state index < -0.39 is 0 Å². The van der Waals surface area contributed by atoms with Crippen molar-refractivity contribution in [3.8, 4) is 22.8 Å². The Kier molecular flexibility index (Phi) is 4.48. The lowest BCUT2D eigenvalue weighted by molar-refractivity contribution is 0.483. The van der Waals surface area contributed by atoms with Crippen LogP contribution in [-0.2, 0) is 6.54 Å². The van der Waals surface area contributed by atoms with Crippen molar-refractivity contribution < 1.29 is 0 Å². The zero-order chi connectivity index (χ0) is 18.8. The molecule has 0 amide bonds. The molecule has 0 aliphatic carbocycles. The fourth-order valence-electron chi connectivity index (χ4n) is 3.85. The van der Waals surface area contributed by atoms with Gasteiger partial charge in [-0.3, -0.25) is 5.43 Å². The molecule has 2 aromatic carbocycles. The molecule has 1 fully saturated rings. The van der Waals surface area contributed by atoms with Crippen molar-refractivity contribution in [1.29, 1.82) is 0 Å². The van der Waals surface area contributed by atoms with Gasteiger partial charge in [0.1, 0.15) is 5.69 Å². The van der Waals surface area contributed by atoms with Crippen molar-refractivity contribution in [3.63, 3.8) is 0 Å². The quantitative estimate of drug-likeness (QED) is 0.502. The van der Waals surface area contributed by atoms with E-state index >= 15 is 0 Å². The minimum absolute atomic E-state index is 0.303. The molecule has 6 nitrogen and oxygen atoms in total. The van der Waals surface area contributed by atoms with Crippen LogP contribution in [0.15, 0.2) is 79.4 Å². The van der Waals surface area contributed by atoms with Crippen molar-refractivity contribution in [3.05, 3.63) is 84.9 Å². The van der Waals surface area contributed by atoms with E-state index in [0.717, 1.165) is 35.7 Å². The summed E-state index contributed by atoms with van der Waals surface area (Å²) >= 11 is 0. The predicted octanol–water partition coefficient (Wildman–Crippen LogP) is 3.55. The van der Waals surface area contributed by atoms with Crippen LogP contribution >= 0.6 is 0 Å². The summed E-state index contributed by atoms with van der Waals surface area (Å²) in [7, 11) is 0. The van der Waals surface area contributed by atoms with Gasteiger partial charge in [0.15, 0.2) is 5.82 Å². The summed E-state index contributed by atoms with van der Waals surface area (Å²) in [6.45, 7) is 0.812. The molecule has 1 aliphatic rings. The maximum atomic E-state index is 4.72. The average Bonchev–Trinajstić information content (AvgIpc) is 3.50. The molecule has 0 bridgehead atoms. The molecule has 1 aliphatic heterocycles. The van der Waals surface area contributed by atoms with Gasteiger partial charge in [-0.2, -0.15) is 0 Å². The number of hydrogen-bond donors (Lipinski definition) is 3. The molecule has 28 heavy (non-hydrogen) atoms. The summed E-state index contributed by atoms with van der Waals surface area (Å²) < 4.78 is 2.19. The zero-order valence-corrected chi connectivity index (χ0v) is 15.4. The smallest absolute Gasteiger partial charge is 0.156 e. The Morgan fingerprint density at radius 1 is 0.929 bits per heavy atom. The summed E-state index contributed by atoms with van der Waals surface area (Å²) in [6.07, 6.45) is 6.56. The molecular weight excluding hydrogens is 348 g/mol. The highest BCUT2D eigenvalue weighted by molar-refractivity contribution is 5.75. The van der Waals surface area contributed by atoms with Gasteiger partial charge >= 0.3 is 0 Å². The van der Waals surface area contributed by atoms with Crippen LogP contribution in [0.4, 0.5) is 0 Å². The van der Waals surface area contributed by atoms with Gasteiger partial charge in [-0.1, -0.05) is 60.7 Å². The van der Waals surface area contributed by atoms with Gasteiger partial charge in [-0.15, -0.1) is 0 Å². The van der Waals surface area contributed by atoms with E-state index in [1.54, 1.807) is 6.20 Å². The van der Waals surface area contributed by atoms with Crippen LogP contribution in [0.5, 0.6) is 0 Å². The number of hydrogen-bond acceptors (Lipinski definition) is 4. The number of aromatic amines is 1. The van der Waals surface area contributed by atoms with E-state index in [9.17, 15) is 0 Å². The number of hydrazine groups is 1. The minimum atomic E-state index is 0.303. The second-order valence-corrected chi connectivity index (χ2v) is 7.08. The Balaban J connectivity index is 1.42. The standard InChI is InChI=1S/C22H22N6/c1-3-7-16(8-4-1)19-13-18(26-27-19)14-28-15-25-20(17-9-5-2-6-10-17)21(28)22-23-11-12-24-22/h1-12,15,18-19,26-27H,13-14H2,(H,23,24). The number of imidazole rings is 2. The first-order chi connectivity index (χ1) is 13.9. The summed E-state index contributed by atoms with van der Waals surface area (Å²) in [6, 6.07) is 21.4. The highest BCUT2D eigenvalue weighted by Crippen LogP contribution is 2.30. The van der Waals surface area contributed by atoms with Crippen LogP contribution in [0.2, 0.25) is 0 Å². The van der Waals surface area contributed by atoms with Crippen LogP contribution in [0.25, 0.3) is 22.8 Å².